The van der Waals surface area contributed by atoms with Gasteiger partial charge < -0.3 is 10.5 Å². The number of carboxylic acids is 1. The first-order valence-electron chi connectivity index (χ1n) is 2.88. The summed E-state index contributed by atoms with van der Waals surface area (Å²) < 4.78 is 0. The number of aromatic nitrogens is 2. The predicted octanol–water partition coefficient (Wildman–Crippen LogP) is 0.114. The Hall–Kier alpha value is -1.40. The molecule has 12 heavy (non-hydrogen) atoms. The molecule has 1 heterocycles. The molecule has 6 nitrogen and oxygen atoms in total. The second-order valence-electron chi connectivity index (χ2n) is 1.88. The van der Waals surface area contributed by atoms with E-state index in [-0.39, 0.29) is 16.5 Å². The number of hydrogen-bond acceptors (Lipinski definition) is 5. The van der Waals surface area contributed by atoms with Gasteiger partial charge in [-0.15, -0.1) is 10.2 Å². The Morgan fingerprint density at radius 3 is 2.83 bits per heavy atom. The third-order valence-electron chi connectivity index (χ3n) is 1.13. The number of nitrogen functional groups attached to an aromatic ring is 1. The van der Waals surface area contributed by atoms with E-state index in [0.29, 0.717) is 0 Å². The number of hydrazine groups is 1. The Balaban J connectivity index is 3.21. The van der Waals surface area contributed by atoms with Crippen LogP contribution in [0, 0.1) is 0 Å². The third kappa shape index (κ3) is 1.60. The number of rotatable bonds is 2. The van der Waals surface area contributed by atoms with Crippen LogP contribution in [0.15, 0.2) is 6.07 Å². The molecule has 0 amide bonds. The molecule has 4 N–H and O–H groups in total. The molecule has 64 valence electrons. The minimum atomic E-state index is -1.17. The van der Waals surface area contributed by atoms with Gasteiger partial charge in [0.25, 0.3) is 0 Å². The van der Waals surface area contributed by atoms with Gasteiger partial charge in [-0.1, -0.05) is 11.6 Å². The number of carboxylic acid groups (broad SMARTS) is 1. The molecule has 0 saturated heterocycles. The van der Waals surface area contributed by atoms with Gasteiger partial charge in [0.05, 0.1) is 0 Å². The molecule has 1 aromatic rings. The summed E-state index contributed by atoms with van der Waals surface area (Å²) in [6.45, 7) is 0. The smallest absolute Gasteiger partial charge is 0.339 e. The number of halogens is 1. The number of hydrogen-bond donors (Lipinski definition) is 3. The predicted molar refractivity (Wildman–Crippen MR) is 41.8 cm³/mol. The normalized spacial score (nSPS) is 9.50. The number of nitrogens with two attached hydrogens (primary N) is 1. The SMILES string of the molecule is NNc1nnc(Cl)cc1C(=O)O. The van der Waals surface area contributed by atoms with E-state index in [1.54, 1.807) is 0 Å². The topological polar surface area (TPSA) is 101 Å². The van der Waals surface area contributed by atoms with Gasteiger partial charge in [0, 0.05) is 0 Å². The molecule has 1 rings (SSSR count). The fourth-order valence-electron chi connectivity index (χ4n) is 0.638. The van der Waals surface area contributed by atoms with Gasteiger partial charge in [0.2, 0.25) is 0 Å². The molecule has 0 atom stereocenters. The molecule has 0 aliphatic heterocycles. The molecule has 0 fully saturated rings. The summed E-state index contributed by atoms with van der Waals surface area (Å²) in [6, 6.07) is 1.16. The summed E-state index contributed by atoms with van der Waals surface area (Å²) in [5, 5.41) is 15.4. The van der Waals surface area contributed by atoms with E-state index < -0.39 is 5.97 Å². The fourth-order valence-corrected chi connectivity index (χ4v) is 0.785. The Morgan fingerprint density at radius 1 is 1.67 bits per heavy atom. The van der Waals surface area contributed by atoms with E-state index in [2.05, 4.69) is 15.6 Å². The fraction of sp³-hybridized carbons (Fsp3) is 0. The van der Waals surface area contributed by atoms with Crippen molar-refractivity contribution in [3.8, 4) is 0 Å². The van der Waals surface area contributed by atoms with Gasteiger partial charge >= 0.3 is 5.97 Å². The van der Waals surface area contributed by atoms with Crippen LogP contribution in [0.4, 0.5) is 5.82 Å². The van der Waals surface area contributed by atoms with E-state index in [0.717, 1.165) is 6.07 Å². The maximum Gasteiger partial charge on any atom is 0.339 e. The summed E-state index contributed by atoms with van der Waals surface area (Å²) in [5.41, 5.74) is 1.98. The van der Waals surface area contributed by atoms with Crippen LogP contribution in [0.3, 0.4) is 0 Å². The summed E-state index contributed by atoms with van der Waals surface area (Å²) in [6.07, 6.45) is 0. The van der Waals surface area contributed by atoms with Crippen molar-refractivity contribution in [1.29, 1.82) is 0 Å². The molecule has 0 bridgehead atoms. The van der Waals surface area contributed by atoms with E-state index in [9.17, 15) is 4.79 Å². The first kappa shape index (κ1) is 8.69. The van der Waals surface area contributed by atoms with E-state index >= 15 is 0 Å². The van der Waals surface area contributed by atoms with Gasteiger partial charge in [-0.3, -0.25) is 0 Å². The minimum absolute atomic E-state index is 0.00593. The van der Waals surface area contributed by atoms with E-state index in [1.807, 2.05) is 0 Å². The monoisotopic (exact) mass is 188 g/mol. The van der Waals surface area contributed by atoms with Crippen LogP contribution in [-0.2, 0) is 0 Å². The first-order valence-corrected chi connectivity index (χ1v) is 3.26. The van der Waals surface area contributed by atoms with Gasteiger partial charge in [-0.2, -0.15) is 0 Å². The summed E-state index contributed by atoms with van der Waals surface area (Å²) >= 11 is 5.41. The number of nitrogens with zero attached hydrogens (tertiary/aromatic N) is 2. The van der Waals surface area contributed by atoms with Gasteiger partial charge in [0.15, 0.2) is 11.0 Å². The largest absolute Gasteiger partial charge is 0.478 e. The second-order valence-corrected chi connectivity index (χ2v) is 2.27. The maximum absolute atomic E-state index is 10.5. The number of carbonyl (C=O) groups is 1. The molecule has 0 saturated carbocycles. The van der Waals surface area contributed by atoms with Crippen LogP contribution in [0.2, 0.25) is 5.15 Å². The number of aromatic carboxylic acids is 1. The lowest BCUT2D eigenvalue weighted by Gasteiger charge is -2.01. The lowest BCUT2D eigenvalue weighted by atomic mass is 10.3. The van der Waals surface area contributed by atoms with Crippen molar-refractivity contribution < 1.29 is 9.90 Å². The summed E-state index contributed by atoms with van der Waals surface area (Å²) in [4.78, 5) is 10.5. The zero-order valence-corrected chi connectivity index (χ0v) is 6.54. The number of nitrogens with one attached hydrogen (secondary N) is 1. The van der Waals surface area contributed by atoms with Crippen LogP contribution in [0.1, 0.15) is 10.4 Å². The standard InChI is InChI=1S/C5H5ClN4O2/c6-3-1-2(5(11)12)4(8-7)10-9-3/h1H,7H2,(H,8,10)(H,11,12). The Labute approximate surface area is 72.3 Å². The molecular formula is C5H5ClN4O2. The highest BCUT2D eigenvalue weighted by atomic mass is 35.5. The van der Waals surface area contributed by atoms with E-state index in [4.69, 9.17) is 22.6 Å². The van der Waals surface area contributed by atoms with Crippen LogP contribution in [0.25, 0.3) is 0 Å². The lowest BCUT2D eigenvalue weighted by molar-refractivity contribution is 0.0697. The van der Waals surface area contributed by atoms with E-state index in [1.165, 1.54) is 0 Å². The maximum atomic E-state index is 10.5. The van der Waals surface area contributed by atoms with Crippen molar-refractivity contribution in [2.24, 2.45) is 5.84 Å². The molecule has 0 aromatic carbocycles. The van der Waals surface area contributed by atoms with Crippen molar-refractivity contribution in [2.45, 2.75) is 0 Å². The average Bonchev–Trinajstić information content (AvgIpc) is 2.04. The van der Waals surface area contributed by atoms with Crippen LogP contribution in [-0.4, -0.2) is 21.3 Å². The Morgan fingerprint density at radius 2 is 2.33 bits per heavy atom. The molecule has 0 unspecified atom stereocenters. The molecular weight excluding hydrogens is 184 g/mol. The highest BCUT2D eigenvalue weighted by molar-refractivity contribution is 6.29. The summed E-state index contributed by atoms with van der Waals surface area (Å²) in [5.74, 6) is 3.79. The van der Waals surface area contributed by atoms with Crippen molar-refractivity contribution in [3.63, 3.8) is 0 Å². The van der Waals surface area contributed by atoms with Gasteiger partial charge in [-0.05, 0) is 6.07 Å². The molecule has 0 spiro atoms. The van der Waals surface area contributed by atoms with Crippen molar-refractivity contribution in [3.05, 3.63) is 16.8 Å². The highest BCUT2D eigenvalue weighted by Crippen LogP contribution is 2.13. The second kappa shape index (κ2) is 3.33. The van der Waals surface area contributed by atoms with Crippen molar-refractivity contribution in [1.82, 2.24) is 10.2 Å². The van der Waals surface area contributed by atoms with Gasteiger partial charge in [0.1, 0.15) is 5.56 Å². The molecule has 7 heteroatoms. The van der Waals surface area contributed by atoms with Crippen molar-refractivity contribution >= 4 is 23.4 Å². The quantitative estimate of drug-likeness (QED) is 0.450. The Kier molecular flexibility index (Phi) is 2.41. The average molecular weight is 189 g/mol. The molecule has 0 aliphatic carbocycles. The zero-order chi connectivity index (χ0) is 9.14. The zero-order valence-electron chi connectivity index (χ0n) is 5.78. The van der Waals surface area contributed by atoms with Crippen molar-refractivity contribution in [2.75, 3.05) is 5.43 Å². The number of anilines is 1. The van der Waals surface area contributed by atoms with Crippen LogP contribution < -0.4 is 11.3 Å². The molecule has 0 radical (unpaired) electrons. The molecule has 1 aromatic heterocycles. The highest BCUT2D eigenvalue weighted by Gasteiger charge is 2.11. The third-order valence-corrected chi connectivity index (χ3v) is 1.32. The lowest BCUT2D eigenvalue weighted by Crippen LogP contribution is -2.14. The Bertz CT molecular complexity index is 316. The van der Waals surface area contributed by atoms with Crippen LogP contribution >= 0.6 is 11.6 Å². The van der Waals surface area contributed by atoms with Crippen LogP contribution in [0.5, 0.6) is 0 Å². The van der Waals surface area contributed by atoms with Gasteiger partial charge in [-0.25, -0.2) is 10.6 Å². The summed E-state index contributed by atoms with van der Waals surface area (Å²) in [7, 11) is 0. The minimum Gasteiger partial charge on any atom is -0.478 e. The first-order chi connectivity index (χ1) is 5.65. The molecule has 0 aliphatic rings.